The van der Waals surface area contributed by atoms with E-state index in [0.717, 1.165) is 12.1 Å². The summed E-state index contributed by atoms with van der Waals surface area (Å²) in [6.45, 7) is 0. The van der Waals surface area contributed by atoms with Gasteiger partial charge in [-0.2, -0.15) is 13.2 Å². The number of benzene rings is 2. The van der Waals surface area contributed by atoms with Crippen molar-refractivity contribution in [2.45, 2.75) is 15.5 Å². The Bertz CT molecular complexity index is 1150. The summed E-state index contributed by atoms with van der Waals surface area (Å²) in [5.41, 5.74) is 1.02. The van der Waals surface area contributed by atoms with E-state index in [1.807, 2.05) is 22.6 Å². The van der Waals surface area contributed by atoms with Gasteiger partial charge in [0, 0.05) is 15.6 Å². The Morgan fingerprint density at radius 3 is 1.97 bits per heavy atom. The van der Waals surface area contributed by atoms with Crippen LogP contribution in [0.4, 0.5) is 17.6 Å². The highest BCUT2D eigenvalue weighted by Crippen LogP contribution is 2.37. The summed E-state index contributed by atoms with van der Waals surface area (Å²) >= 11 is 1.88. The van der Waals surface area contributed by atoms with Gasteiger partial charge in [-0.25, -0.2) is 27.9 Å². The molecule has 0 fully saturated rings. The summed E-state index contributed by atoms with van der Waals surface area (Å²) in [7, 11) is -3.93. The van der Waals surface area contributed by atoms with Crippen LogP contribution in [0.3, 0.4) is 0 Å². The van der Waals surface area contributed by atoms with Crippen LogP contribution in [-0.2, 0) is 20.6 Å². The number of halogens is 5. The van der Waals surface area contributed by atoms with Crippen molar-refractivity contribution in [3.05, 3.63) is 65.9 Å². The number of nitrogens with zero attached hydrogens (tertiary/aromatic N) is 2. The number of sulfonamides is 1. The minimum Gasteiger partial charge on any atom is -0.228 e. The van der Waals surface area contributed by atoms with Crippen molar-refractivity contribution in [2.75, 3.05) is 0 Å². The number of alkyl halides is 4. The fraction of sp³-hybridized carbons (Fsp3) is 0.111. The molecular formula is C18H12F4IN3O2S. The van der Waals surface area contributed by atoms with E-state index < -0.39 is 27.8 Å². The SMILES string of the molecule is NS(=O)(=O)c1ccc(-c2c(CI)nc(C(F)(F)F)nc2-c2ccc(F)cc2)cc1. The minimum atomic E-state index is -4.77. The molecule has 2 aromatic carbocycles. The Labute approximate surface area is 177 Å². The molecule has 5 nitrogen and oxygen atoms in total. The Balaban J connectivity index is 2.30. The molecule has 3 rings (SSSR count). The first-order valence-electron chi connectivity index (χ1n) is 7.94. The van der Waals surface area contributed by atoms with Gasteiger partial charge in [0.25, 0.3) is 0 Å². The van der Waals surface area contributed by atoms with Crippen molar-refractivity contribution in [1.82, 2.24) is 9.97 Å². The third kappa shape index (κ3) is 4.73. The molecule has 29 heavy (non-hydrogen) atoms. The fourth-order valence-electron chi connectivity index (χ4n) is 2.66. The van der Waals surface area contributed by atoms with E-state index in [1.165, 1.54) is 36.4 Å². The molecule has 0 spiro atoms. The van der Waals surface area contributed by atoms with Crippen LogP contribution in [-0.4, -0.2) is 18.4 Å². The van der Waals surface area contributed by atoms with Crippen LogP contribution in [0, 0.1) is 5.82 Å². The lowest BCUT2D eigenvalue weighted by molar-refractivity contribution is -0.145. The predicted octanol–water partition coefficient (Wildman–Crippen LogP) is 4.55. The van der Waals surface area contributed by atoms with Gasteiger partial charge in [-0.1, -0.05) is 34.7 Å². The Morgan fingerprint density at radius 1 is 0.931 bits per heavy atom. The Morgan fingerprint density at radius 2 is 1.48 bits per heavy atom. The molecule has 0 radical (unpaired) electrons. The van der Waals surface area contributed by atoms with Gasteiger partial charge in [-0.05, 0) is 42.0 Å². The number of rotatable bonds is 4. The zero-order valence-corrected chi connectivity index (χ0v) is 17.4. The zero-order chi connectivity index (χ0) is 21.4. The first-order valence-corrected chi connectivity index (χ1v) is 11.0. The summed E-state index contributed by atoms with van der Waals surface area (Å²) < 4.78 is 76.3. The molecule has 0 amide bonds. The summed E-state index contributed by atoms with van der Waals surface area (Å²) in [6.07, 6.45) is -4.77. The van der Waals surface area contributed by atoms with Gasteiger partial charge >= 0.3 is 6.18 Å². The van der Waals surface area contributed by atoms with Gasteiger partial charge < -0.3 is 0 Å². The Kier molecular flexibility index (Phi) is 5.92. The second-order valence-electron chi connectivity index (χ2n) is 5.93. The normalized spacial score (nSPS) is 12.2. The molecule has 3 aromatic rings. The number of nitrogens with two attached hydrogens (primary N) is 1. The molecule has 0 bridgehead atoms. The van der Waals surface area contributed by atoms with Crippen molar-refractivity contribution in [3.8, 4) is 22.4 Å². The highest BCUT2D eigenvalue weighted by Gasteiger charge is 2.36. The predicted molar refractivity (Wildman–Crippen MR) is 107 cm³/mol. The average Bonchev–Trinajstić information content (AvgIpc) is 2.66. The van der Waals surface area contributed by atoms with E-state index in [1.54, 1.807) is 0 Å². The van der Waals surface area contributed by atoms with Crippen molar-refractivity contribution in [2.24, 2.45) is 5.14 Å². The molecule has 0 saturated carbocycles. The van der Waals surface area contributed by atoms with Gasteiger partial charge in [0.05, 0.1) is 16.3 Å². The first-order chi connectivity index (χ1) is 13.5. The molecule has 11 heteroatoms. The van der Waals surface area contributed by atoms with E-state index in [-0.39, 0.29) is 26.3 Å². The molecule has 0 atom stereocenters. The zero-order valence-electron chi connectivity index (χ0n) is 14.4. The van der Waals surface area contributed by atoms with Crippen LogP contribution in [0.25, 0.3) is 22.4 Å². The van der Waals surface area contributed by atoms with E-state index in [4.69, 9.17) is 5.14 Å². The van der Waals surface area contributed by atoms with Crippen LogP contribution in [0.1, 0.15) is 11.5 Å². The van der Waals surface area contributed by atoms with Gasteiger partial charge in [-0.15, -0.1) is 0 Å². The highest BCUT2D eigenvalue weighted by molar-refractivity contribution is 14.1. The number of hydrogen-bond donors (Lipinski definition) is 1. The average molecular weight is 537 g/mol. The monoisotopic (exact) mass is 537 g/mol. The topological polar surface area (TPSA) is 85.9 Å². The van der Waals surface area contributed by atoms with Crippen LogP contribution in [0.15, 0.2) is 53.4 Å². The summed E-state index contributed by atoms with van der Waals surface area (Å²) in [5, 5.41) is 5.09. The molecule has 1 aromatic heterocycles. The van der Waals surface area contributed by atoms with E-state index in [2.05, 4.69) is 9.97 Å². The minimum absolute atomic E-state index is 0.0395. The van der Waals surface area contributed by atoms with Gasteiger partial charge in [0.1, 0.15) is 5.82 Å². The molecule has 0 aliphatic heterocycles. The summed E-state index contributed by atoms with van der Waals surface area (Å²) in [6, 6.07) is 10.2. The molecular weight excluding hydrogens is 525 g/mol. The third-order valence-corrected chi connectivity index (χ3v) is 5.61. The quantitative estimate of drug-likeness (QED) is 0.301. The number of primary sulfonamides is 1. The maximum Gasteiger partial charge on any atom is 0.451 e. The number of hydrogen-bond acceptors (Lipinski definition) is 4. The van der Waals surface area contributed by atoms with Crippen molar-refractivity contribution in [3.63, 3.8) is 0 Å². The number of aromatic nitrogens is 2. The van der Waals surface area contributed by atoms with Crippen LogP contribution in [0.5, 0.6) is 0 Å². The van der Waals surface area contributed by atoms with Crippen LogP contribution < -0.4 is 5.14 Å². The maximum atomic E-state index is 13.3. The standard InChI is InChI=1S/C18H12F4IN3O2S/c19-12-5-1-11(2-6-12)16-15(10-3-7-13(8-4-10)29(24,27)28)14(9-23)25-17(26-16)18(20,21)22/h1-8H,9H2,(H2,24,27,28). The lowest BCUT2D eigenvalue weighted by Gasteiger charge is -2.16. The highest BCUT2D eigenvalue weighted by atomic mass is 127. The fourth-order valence-corrected chi connectivity index (χ4v) is 3.73. The maximum absolute atomic E-state index is 13.3. The van der Waals surface area contributed by atoms with Crippen LogP contribution in [0.2, 0.25) is 0 Å². The lowest BCUT2D eigenvalue weighted by Crippen LogP contribution is -2.14. The van der Waals surface area contributed by atoms with E-state index in [0.29, 0.717) is 11.1 Å². The molecule has 0 aliphatic carbocycles. The van der Waals surface area contributed by atoms with Crippen molar-refractivity contribution < 1.29 is 26.0 Å². The Hall–Kier alpha value is -2.12. The van der Waals surface area contributed by atoms with Crippen LogP contribution >= 0.6 is 22.6 Å². The largest absolute Gasteiger partial charge is 0.451 e. The second-order valence-corrected chi connectivity index (χ2v) is 8.25. The van der Waals surface area contributed by atoms with E-state index >= 15 is 0 Å². The molecule has 2 N–H and O–H groups in total. The van der Waals surface area contributed by atoms with E-state index in [9.17, 15) is 26.0 Å². The molecule has 0 saturated heterocycles. The molecule has 152 valence electrons. The summed E-state index contributed by atoms with van der Waals surface area (Å²) in [4.78, 5) is 7.20. The molecule has 1 heterocycles. The first kappa shape index (κ1) is 21.6. The van der Waals surface area contributed by atoms with Gasteiger partial charge in [0.2, 0.25) is 15.8 Å². The second kappa shape index (κ2) is 7.95. The third-order valence-electron chi connectivity index (χ3n) is 3.95. The van der Waals surface area contributed by atoms with Gasteiger partial charge in [-0.3, -0.25) is 0 Å². The molecule has 0 aliphatic rings. The van der Waals surface area contributed by atoms with Crippen molar-refractivity contribution in [1.29, 1.82) is 0 Å². The molecule has 0 unspecified atom stereocenters. The lowest BCUT2D eigenvalue weighted by atomic mass is 9.98. The van der Waals surface area contributed by atoms with Gasteiger partial charge in [0.15, 0.2) is 0 Å². The smallest absolute Gasteiger partial charge is 0.228 e. The van der Waals surface area contributed by atoms with Crippen molar-refractivity contribution >= 4 is 32.6 Å². The summed E-state index contributed by atoms with van der Waals surface area (Å²) in [5.74, 6) is -1.86.